The Morgan fingerprint density at radius 2 is 1.92 bits per heavy atom. The molecular formula is C28H28N4O5S. The minimum absolute atomic E-state index is 0.0348. The molecule has 2 aromatic carbocycles. The van der Waals surface area contributed by atoms with Gasteiger partial charge < -0.3 is 9.64 Å². The summed E-state index contributed by atoms with van der Waals surface area (Å²) in [4.78, 5) is 45.3. The van der Waals surface area contributed by atoms with Crippen molar-refractivity contribution in [1.29, 1.82) is 0 Å². The zero-order valence-electron chi connectivity index (χ0n) is 21.3. The van der Waals surface area contributed by atoms with Crippen LogP contribution in [0.2, 0.25) is 0 Å². The molecule has 1 saturated heterocycles. The van der Waals surface area contributed by atoms with Gasteiger partial charge >= 0.3 is 5.97 Å². The van der Waals surface area contributed by atoms with Crippen molar-refractivity contribution in [3.63, 3.8) is 0 Å². The van der Waals surface area contributed by atoms with Crippen LogP contribution in [0.1, 0.15) is 50.3 Å². The zero-order chi connectivity index (χ0) is 26.8. The number of non-ortho nitro benzene ring substituents is 1. The summed E-state index contributed by atoms with van der Waals surface area (Å²) >= 11 is 1.21. The molecule has 0 bridgehead atoms. The highest BCUT2D eigenvalue weighted by Gasteiger charge is 2.33. The molecule has 0 N–H and O–H groups in total. The molecule has 2 aliphatic rings. The van der Waals surface area contributed by atoms with Crippen LogP contribution >= 0.6 is 11.3 Å². The van der Waals surface area contributed by atoms with E-state index in [0.717, 1.165) is 43.6 Å². The number of benzene rings is 2. The summed E-state index contributed by atoms with van der Waals surface area (Å²) < 4.78 is 7.25. The summed E-state index contributed by atoms with van der Waals surface area (Å²) in [6, 6.07) is 13.4. The van der Waals surface area contributed by atoms with Gasteiger partial charge in [-0.3, -0.25) is 19.5 Å². The maximum Gasteiger partial charge on any atom is 0.338 e. The maximum absolute atomic E-state index is 13.9. The predicted molar refractivity (Wildman–Crippen MR) is 146 cm³/mol. The Hall–Kier alpha value is -4.05. The van der Waals surface area contributed by atoms with Crippen LogP contribution in [0.4, 0.5) is 11.4 Å². The Kier molecular flexibility index (Phi) is 7.24. The summed E-state index contributed by atoms with van der Waals surface area (Å²) in [6.07, 6.45) is 4.96. The number of ether oxygens (including phenoxy) is 1. The predicted octanol–water partition coefficient (Wildman–Crippen LogP) is 3.70. The number of allylic oxidation sites excluding steroid dienone is 1. The van der Waals surface area contributed by atoms with E-state index in [2.05, 4.69) is 9.89 Å². The molecule has 0 saturated carbocycles. The average Bonchev–Trinajstić information content (AvgIpc) is 3.22. The molecular weight excluding hydrogens is 504 g/mol. The van der Waals surface area contributed by atoms with Crippen molar-refractivity contribution in [2.24, 2.45) is 4.99 Å². The molecule has 0 amide bonds. The SMILES string of the molecule is CCOC(=O)C1=C(C)N=c2s/c(=C/c3cc([N+](=O)[O-])ccc3N3CCCCC3)c(=O)n2[C@H]1c1ccccc1. The second-order valence-corrected chi connectivity index (χ2v) is 10.3. The zero-order valence-corrected chi connectivity index (χ0v) is 22.1. The Morgan fingerprint density at radius 1 is 1.18 bits per heavy atom. The second kappa shape index (κ2) is 10.7. The van der Waals surface area contributed by atoms with Crippen molar-refractivity contribution >= 4 is 34.8 Å². The second-order valence-electron chi connectivity index (χ2n) is 9.26. The molecule has 1 fully saturated rings. The molecule has 2 aliphatic heterocycles. The minimum atomic E-state index is -0.694. The van der Waals surface area contributed by atoms with Gasteiger partial charge in [-0.15, -0.1) is 0 Å². The van der Waals surface area contributed by atoms with Crippen LogP contribution in [-0.4, -0.2) is 35.2 Å². The van der Waals surface area contributed by atoms with Gasteiger partial charge in [0.05, 0.1) is 33.4 Å². The van der Waals surface area contributed by atoms with Crippen molar-refractivity contribution in [1.82, 2.24) is 4.57 Å². The van der Waals surface area contributed by atoms with E-state index in [1.54, 1.807) is 26.0 Å². The van der Waals surface area contributed by atoms with Gasteiger partial charge in [0, 0.05) is 36.5 Å². The summed E-state index contributed by atoms with van der Waals surface area (Å²) in [7, 11) is 0. The summed E-state index contributed by atoms with van der Waals surface area (Å²) in [5.41, 5.74) is 2.71. The van der Waals surface area contributed by atoms with Crippen LogP contribution in [0.15, 0.2) is 69.6 Å². The Labute approximate surface area is 223 Å². The molecule has 0 radical (unpaired) electrons. The van der Waals surface area contributed by atoms with Crippen molar-refractivity contribution in [2.45, 2.75) is 39.2 Å². The van der Waals surface area contributed by atoms with Gasteiger partial charge in [-0.05, 0) is 50.8 Å². The third kappa shape index (κ3) is 4.79. The van der Waals surface area contributed by atoms with Crippen LogP contribution in [0.25, 0.3) is 6.08 Å². The first-order valence-electron chi connectivity index (χ1n) is 12.7. The number of anilines is 1. The van der Waals surface area contributed by atoms with Crippen molar-refractivity contribution in [2.75, 3.05) is 24.6 Å². The molecule has 9 nitrogen and oxygen atoms in total. The molecule has 3 heterocycles. The lowest BCUT2D eigenvalue weighted by atomic mass is 9.96. The minimum Gasteiger partial charge on any atom is -0.463 e. The Bertz CT molecular complexity index is 1600. The number of thiazole rings is 1. The number of hydrogen-bond acceptors (Lipinski definition) is 8. The number of esters is 1. The molecule has 0 spiro atoms. The summed E-state index contributed by atoms with van der Waals surface area (Å²) in [6.45, 7) is 5.40. The number of carbonyl (C=O) groups excluding carboxylic acids is 1. The topological polar surface area (TPSA) is 107 Å². The Morgan fingerprint density at radius 3 is 2.61 bits per heavy atom. The van der Waals surface area contributed by atoms with Gasteiger partial charge in [0.1, 0.15) is 0 Å². The number of piperidine rings is 1. The fraction of sp³-hybridized carbons (Fsp3) is 0.321. The highest BCUT2D eigenvalue weighted by molar-refractivity contribution is 7.07. The largest absolute Gasteiger partial charge is 0.463 e. The number of nitro benzene ring substituents is 1. The highest BCUT2D eigenvalue weighted by atomic mass is 32.1. The van der Waals surface area contributed by atoms with Gasteiger partial charge in [0.25, 0.3) is 11.2 Å². The molecule has 196 valence electrons. The molecule has 1 aromatic heterocycles. The number of carbonyl (C=O) groups is 1. The van der Waals surface area contributed by atoms with Crippen molar-refractivity contribution in [3.05, 3.63) is 101 Å². The lowest BCUT2D eigenvalue weighted by molar-refractivity contribution is -0.384. The quantitative estimate of drug-likeness (QED) is 0.272. The van der Waals surface area contributed by atoms with Gasteiger partial charge in [0.2, 0.25) is 0 Å². The molecule has 0 aliphatic carbocycles. The van der Waals surface area contributed by atoms with Gasteiger partial charge in [-0.2, -0.15) is 0 Å². The first-order valence-corrected chi connectivity index (χ1v) is 13.5. The fourth-order valence-electron chi connectivity index (χ4n) is 5.08. The van der Waals surface area contributed by atoms with Crippen LogP contribution in [-0.2, 0) is 9.53 Å². The van der Waals surface area contributed by atoms with E-state index in [1.807, 2.05) is 30.3 Å². The van der Waals surface area contributed by atoms with E-state index in [-0.39, 0.29) is 17.9 Å². The number of nitro groups is 1. The van der Waals surface area contributed by atoms with Gasteiger partial charge in [0.15, 0.2) is 4.80 Å². The van der Waals surface area contributed by atoms with Gasteiger partial charge in [-0.1, -0.05) is 41.7 Å². The fourth-order valence-corrected chi connectivity index (χ4v) is 6.11. The molecule has 3 aromatic rings. The summed E-state index contributed by atoms with van der Waals surface area (Å²) in [5.74, 6) is -0.511. The van der Waals surface area contributed by atoms with Gasteiger partial charge in [-0.25, -0.2) is 9.79 Å². The maximum atomic E-state index is 13.9. The smallest absolute Gasteiger partial charge is 0.338 e. The van der Waals surface area contributed by atoms with Crippen LogP contribution in [0.3, 0.4) is 0 Å². The number of aromatic nitrogens is 1. The van der Waals surface area contributed by atoms with E-state index < -0.39 is 16.9 Å². The molecule has 0 unspecified atom stereocenters. The summed E-state index contributed by atoms with van der Waals surface area (Å²) in [5, 5.41) is 11.6. The van der Waals surface area contributed by atoms with E-state index in [1.165, 1.54) is 28.0 Å². The molecule has 38 heavy (non-hydrogen) atoms. The van der Waals surface area contributed by atoms with Crippen LogP contribution < -0.4 is 19.8 Å². The number of fused-ring (bicyclic) bond motifs is 1. The van der Waals surface area contributed by atoms with E-state index in [0.29, 0.717) is 26.2 Å². The van der Waals surface area contributed by atoms with Crippen molar-refractivity contribution in [3.8, 4) is 0 Å². The normalized spacial score (nSPS) is 17.7. The lowest BCUT2D eigenvalue weighted by Gasteiger charge is -2.30. The van der Waals surface area contributed by atoms with Crippen LogP contribution in [0, 0.1) is 10.1 Å². The monoisotopic (exact) mass is 532 g/mol. The average molecular weight is 533 g/mol. The Balaban J connectivity index is 1.71. The standard InChI is InChI=1S/C28H28N4O5S/c1-3-37-27(34)24-18(2)29-28-31(25(24)19-10-6-4-7-11-19)26(33)23(38-28)17-20-16-21(32(35)36)12-13-22(20)30-14-8-5-9-15-30/h4,6-7,10-13,16-17,25H,3,5,8-9,14-15H2,1-2H3/b23-17+/t25-/m0/s1. The number of hydrogen-bond donors (Lipinski definition) is 0. The third-order valence-corrected chi connectivity index (χ3v) is 7.82. The van der Waals surface area contributed by atoms with Crippen molar-refractivity contribution < 1.29 is 14.5 Å². The highest BCUT2D eigenvalue weighted by Crippen LogP contribution is 2.31. The van der Waals surface area contributed by atoms with E-state index >= 15 is 0 Å². The third-order valence-electron chi connectivity index (χ3n) is 6.84. The number of rotatable bonds is 6. The number of nitrogens with zero attached hydrogens (tertiary/aromatic N) is 4. The van der Waals surface area contributed by atoms with E-state index in [9.17, 15) is 19.7 Å². The van der Waals surface area contributed by atoms with E-state index in [4.69, 9.17) is 4.74 Å². The van der Waals surface area contributed by atoms with Crippen LogP contribution in [0.5, 0.6) is 0 Å². The first-order chi connectivity index (χ1) is 18.4. The molecule has 1 atom stereocenters. The lowest BCUT2D eigenvalue weighted by Crippen LogP contribution is -2.40. The first kappa shape index (κ1) is 25.6. The molecule has 10 heteroatoms. The molecule has 5 rings (SSSR count).